The number of benzene rings is 1. The highest BCUT2D eigenvalue weighted by atomic mass is 35.5. The predicted molar refractivity (Wildman–Crippen MR) is 94.5 cm³/mol. The minimum atomic E-state index is -0.694. The van der Waals surface area contributed by atoms with Gasteiger partial charge in [-0.05, 0) is 49.7 Å². The second-order valence-electron chi connectivity index (χ2n) is 5.75. The van der Waals surface area contributed by atoms with Crippen molar-refractivity contribution in [1.29, 1.82) is 0 Å². The van der Waals surface area contributed by atoms with E-state index in [2.05, 4.69) is 15.7 Å². The van der Waals surface area contributed by atoms with Crippen LogP contribution in [-0.4, -0.2) is 41.5 Å². The molecule has 1 aliphatic rings. The van der Waals surface area contributed by atoms with E-state index >= 15 is 0 Å². The van der Waals surface area contributed by atoms with Crippen LogP contribution in [0.15, 0.2) is 42.7 Å². The Morgan fingerprint density at radius 2 is 2.04 bits per heavy atom. The Hall–Kier alpha value is -1.89. The zero-order chi connectivity index (χ0) is 16.1. The number of carbonyl (C=O) groups excluding carboxylic acids is 1. The Bertz CT molecular complexity index is 637. The lowest BCUT2D eigenvalue weighted by Gasteiger charge is -2.34. The molecule has 1 saturated heterocycles. The number of halogens is 1. The normalized spacial score (nSPS) is 16.2. The quantitative estimate of drug-likeness (QED) is 0.861. The van der Waals surface area contributed by atoms with Gasteiger partial charge >= 0.3 is 0 Å². The van der Waals surface area contributed by atoms with Crippen LogP contribution in [0.2, 0.25) is 0 Å². The minimum absolute atomic E-state index is 0. The molecule has 0 atom stereocenters. The monoisotopic (exact) mass is 350 g/mol. The first-order chi connectivity index (χ1) is 11.2. The summed E-state index contributed by atoms with van der Waals surface area (Å²) < 4.78 is 7.34. The van der Waals surface area contributed by atoms with Gasteiger partial charge in [-0.15, -0.1) is 12.4 Å². The topological polar surface area (TPSA) is 68.2 Å². The van der Waals surface area contributed by atoms with Crippen molar-refractivity contribution in [2.45, 2.75) is 25.0 Å². The molecular weight excluding hydrogens is 328 g/mol. The van der Waals surface area contributed by atoms with Gasteiger partial charge in [0.1, 0.15) is 5.60 Å². The summed E-state index contributed by atoms with van der Waals surface area (Å²) in [5, 5.41) is 10.5. The zero-order valence-corrected chi connectivity index (χ0v) is 14.5. The van der Waals surface area contributed by atoms with E-state index in [1.165, 1.54) is 0 Å². The van der Waals surface area contributed by atoms with Crippen molar-refractivity contribution in [3.63, 3.8) is 0 Å². The SMILES string of the molecule is COC1(C(=O)NCc2ccc(-n3cccn3)cc2)CCNCC1.Cl. The summed E-state index contributed by atoms with van der Waals surface area (Å²) >= 11 is 0. The number of piperidine rings is 1. The number of methoxy groups -OCH3 is 1. The van der Waals surface area contributed by atoms with Gasteiger partial charge in [0.05, 0.1) is 5.69 Å². The fraction of sp³-hybridized carbons (Fsp3) is 0.412. The molecule has 2 N–H and O–H groups in total. The predicted octanol–water partition coefficient (Wildman–Crippen LogP) is 1.68. The molecule has 0 saturated carbocycles. The second-order valence-corrected chi connectivity index (χ2v) is 5.75. The molecule has 7 heteroatoms. The molecular formula is C17H23ClN4O2. The molecule has 0 bridgehead atoms. The number of aromatic nitrogens is 2. The van der Waals surface area contributed by atoms with Crippen LogP contribution in [-0.2, 0) is 16.1 Å². The molecule has 2 heterocycles. The fourth-order valence-electron chi connectivity index (χ4n) is 2.89. The van der Waals surface area contributed by atoms with E-state index in [0.717, 1.165) is 24.3 Å². The standard InChI is InChI=1S/C17H22N4O2.ClH/c1-23-17(7-10-18-11-8-17)16(22)19-13-14-3-5-15(6-4-14)21-12-2-9-20-21;/h2-6,9,12,18H,7-8,10-11,13H2,1H3,(H,19,22);1H. The summed E-state index contributed by atoms with van der Waals surface area (Å²) in [6.45, 7) is 2.11. The van der Waals surface area contributed by atoms with Crippen LogP contribution in [0, 0.1) is 0 Å². The van der Waals surface area contributed by atoms with Gasteiger partial charge in [-0.2, -0.15) is 5.10 Å². The third-order valence-electron chi connectivity index (χ3n) is 4.37. The van der Waals surface area contributed by atoms with Crippen LogP contribution in [0.5, 0.6) is 0 Å². The average molecular weight is 351 g/mol. The zero-order valence-electron chi connectivity index (χ0n) is 13.7. The largest absolute Gasteiger partial charge is 0.368 e. The molecule has 24 heavy (non-hydrogen) atoms. The third-order valence-corrected chi connectivity index (χ3v) is 4.37. The Morgan fingerprint density at radius 3 is 2.62 bits per heavy atom. The molecule has 3 rings (SSSR count). The lowest BCUT2D eigenvalue weighted by molar-refractivity contribution is -0.146. The van der Waals surface area contributed by atoms with Crippen LogP contribution in [0.4, 0.5) is 0 Å². The molecule has 130 valence electrons. The molecule has 1 aromatic carbocycles. The van der Waals surface area contributed by atoms with Gasteiger partial charge in [-0.25, -0.2) is 4.68 Å². The number of rotatable bonds is 5. The molecule has 1 aromatic heterocycles. The summed E-state index contributed by atoms with van der Waals surface area (Å²) in [4.78, 5) is 12.5. The number of nitrogens with zero attached hydrogens (tertiary/aromatic N) is 2. The van der Waals surface area contributed by atoms with Crippen molar-refractivity contribution in [2.24, 2.45) is 0 Å². The Balaban J connectivity index is 0.00000208. The summed E-state index contributed by atoms with van der Waals surface area (Å²) in [6, 6.07) is 9.87. The highest BCUT2D eigenvalue weighted by Gasteiger charge is 2.39. The van der Waals surface area contributed by atoms with Crippen LogP contribution in [0.25, 0.3) is 5.69 Å². The molecule has 1 amide bonds. The molecule has 1 aliphatic heterocycles. The summed E-state index contributed by atoms with van der Waals surface area (Å²) in [7, 11) is 1.61. The number of ether oxygens (including phenoxy) is 1. The Kier molecular flexibility index (Phi) is 6.36. The van der Waals surface area contributed by atoms with E-state index < -0.39 is 5.60 Å². The molecule has 0 radical (unpaired) electrons. The first kappa shape index (κ1) is 18.4. The summed E-state index contributed by atoms with van der Waals surface area (Å²) in [5.41, 5.74) is 1.35. The van der Waals surface area contributed by atoms with Crippen molar-refractivity contribution in [3.8, 4) is 5.69 Å². The van der Waals surface area contributed by atoms with E-state index in [1.54, 1.807) is 18.0 Å². The van der Waals surface area contributed by atoms with Gasteiger partial charge in [0.2, 0.25) is 0 Å². The van der Waals surface area contributed by atoms with Gasteiger partial charge in [0.25, 0.3) is 5.91 Å². The van der Waals surface area contributed by atoms with E-state index in [-0.39, 0.29) is 18.3 Å². The fourth-order valence-corrected chi connectivity index (χ4v) is 2.89. The van der Waals surface area contributed by atoms with Crippen LogP contribution >= 0.6 is 12.4 Å². The van der Waals surface area contributed by atoms with Crippen molar-refractivity contribution >= 4 is 18.3 Å². The molecule has 1 fully saturated rings. The van der Waals surface area contributed by atoms with Gasteiger partial charge < -0.3 is 15.4 Å². The minimum Gasteiger partial charge on any atom is -0.368 e. The van der Waals surface area contributed by atoms with Crippen LogP contribution < -0.4 is 10.6 Å². The van der Waals surface area contributed by atoms with E-state index in [9.17, 15) is 4.79 Å². The lowest BCUT2D eigenvalue weighted by atomic mass is 9.91. The van der Waals surface area contributed by atoms with Crippen molar-refractivity contribution in [3.05, 3.63) is 48.3 Å². The summed E-state index contributed by atoms with van der Waals surface area (Å²) in [6.07, 6.45) is 5.05. The lowest BCUT2D eigenvalue weighted by Crippen LogP contribution is -2.53. The summed E-state index contributed by atoms with van der Waals surface area (Å²) in [5.74, 6) is -0.0300. The highest BCUT2D eigenvalue weighted by Crippen LogP contribution is 2.22. The number of nitrogens with one attached hydrogen (secondary N) is 2. The van der Waals surface area contributed by atoms with Gasteiger partial charge in [-0.3, -0.25) is 4.79 Å². The average Bonchev–Trinajstić information content (AvgIpc) is 3.15. The van der Waals surface area contributed by atoms with Gasteiger partial charge in [0, 0.05) is 26.0 Å². The first-order valence-corrected chi connectivity index (χ1v) is 7.87. The van der Waals surface area contributed by atoms with Gasteiger partial charge in [-0.1, -0.05) is 12.1 Å². The smallest absolute Gasteiger partial charge is 0.252 e. The van der Waals surface area contributed by atoms with Crippen LogP contribution in [0.3, 0.4) is 0 Å². The molecule has 0 spiro atoms. The van der Waals surface area contributed by atoms with Crippen LogP contribution in [0.1, 0.15) is 18.4 Å². The van der Waals surface area contributed by atoms with Crippen molar-refractivity contribution in [1.82, 2.24) is 20.4 Å². The van der Waals surface area contributed by atoms with Gasteiger partial charge in [0.15, 0.2) is 0 Å². The first-order valence-electron chi connectivity index (χ1n) is 7.87. The van der Waals surface area contributed by atoms with E-state index in [4.69, 9.17) is 4.74 Å². The molecule has 0 aliphatic carbocycles. The maximum Gasteiger partial charge on any atom is 0.252 e. The molecule has 6 nitrogen and oxygen atoms in total. The molecule has 2 aromatic rings. The highest BCUT2D eigenvalue weighted by molar-refractivity contribution is 5.85. The number of carbonyl (C=O) groups is 1. The second kappa shape index (κ2) is 8.28. The van der Waals surface area contributed by atoms with E-state index in [0.29, 0.717) is 19.4 Å². The maximum atomic E-state index is 12.5. The number of hydrogen-bond donors (Lipinski definition) is 2. The maximum absolute atomic E-state index is 12.5. The third kappa shape index (κ3) is 3.95. The van der Waals surface area contributed by atoms with Crippen molar-refractivity contribution < 1.29 is 9.53 Å². The number of hydrogen-bond acceptors (Lipinski definition) is 4. The Morgan fingerprint density at radius 1 is 1.33 bits per heavy atom. The van der Waals surface area contributed by atoms with Crippen molar-refractivity contribution in [2.75, 3.05) is 20.2 Å². The Labute approximate surface area is 148 Å². The van der Waals surface area contributed by atoms with E-state index in [1.807, 2.05) is 36.5 Å². The number of amides is 1. The molecule has 0 unspecified atom stereocenters.